The number of amides is 1. The SMILES string of the molecule is CC(=O)NCCCC(=C(c1ccc(O)cc1)c1ccc(O)cc1)c1ccc(O)cc1. The van der Waals surface area contributed by atoms with E-state index in [1.54, 1.807) is 36.4 Å². The molecule has 0 saturated heterocycles. The van der Waals surface area contributed by atoms with Crippen molar-refractivity contribution in [1.29, 1.82) is 0 Å². The number of phenols is 3. The summed E-state index contributed by atoms with van der Waals surface area (Å²) in [6.07, 6.45) is 1.41. The highest BCUT2D eigenvalue weighted by Crippen LogP contribution is 2.36. The summed E-state index contributed by atoms with van der Waals surface area (Å²) in [5.41, 5.74) is 4.79. The number of carbonyl (C=O) groups is 1. The molecule has 0 spiro atoms. The zero-order valence-electron chi connectivity index (χ0n) is 16.8. The third kappa shape index (κ3) is 5.41. The van der Waals surface area contributed by atoms with Gasteiger partial charge in [-0.1, -0.05) is 36.4 Å². The van der Waals surface area contributed by atoms with E-state index in [9.17, 15) is 20.1 Å². The van der Waals surface area contributed by atoms with E-state index < -0.39 is 0 Å². The Kier molecular flexibility index (Phi) is 6.75. The Hall–Kier alpha value is -3.73. The summed E-state index contributed by atoms with van der Waals surface area (Å²) >= 11 is 0. The van der Waals surface area contributed by atoms with Crippen molar-refractivity contribution in [3.63, 3.8) is 0 Å². The molecule has 5 nitrogen and oxygen atoms in total. The van der Waals surface area contributed by atoms with E-state index in [2.05, 4.69) is 5.32 Å². The molecule has 0 bridgehead atoms. The monoisotopic (exact) mass is 403 g/mol. The lowest BCUT2D eigenvalue weighted by atomic mass is 9.87. The van der Waals surface area contributed by atoms with Crippen LogP contribution in [0.5, 0.6) is 17.2 Å². The third-order valence-corrected chi connectivity index (χ3v) is 4.81. The first-order valence-corrected chi connectivity index (χ1v) is 9.80. The summed E-state index contributed by atoms with van der Waals surface area (Å²) in [7, 11) is 0. The summed E-state index contributed by atoms with van der Waals surface area (Å²) in [6.45, 7) is 2.05. The Morgan fingerprint density at radius 3 is 1.50 bits per heavy atom. The molecule has 0 aliphatic rings. The largest absolute Gasteiger partial charge is 0.508 e. The summed E-state index contributed by atoms with van der Waals surface area (Å²) in [5, 5.41) is 32.0. The number of nitrogens with one attached hydrogen (secondary N) is 1. The molecular weight excluding hydrogens is 378 g/mol. The molecule has 0 fully saturated rings. The second-order valence-electron chi connectivity index (χ2n) is 7.08. The van der Waals surface area contributed by atoms with Crippen LogP contribution in [0.1, 0.15) is 36.5 Å². The molecule has 0 radical (unpaired) electrons. The Morgan fingerprint density at radius 2 is 1.10 bits per heavy atom. The van der Waals surface area contributed by atoms with Crippen molar-refractivity contribution in [3.05, 3.63) is 89.5 Å². The molecule has 0 aliphatic heterocycles. The van der Waals surface area contributed by atoms with Gasteiger partial charge in [0.05, 0.1) is 0 Å². The van der Waals surface area contributed by atoms with Crippen LogP contribution in [0.3, 0.4) is 0 Å². The lowest BCUT2D eigenvalue weighted by Gasteiger charge is -2.18. The van der Waals surface area contributed by atoms with Gasteiger partial charge in [-0.05, 0) is 77.1 Å². The van der Waals surface area contributed by atoms with E-state index in [4.69, 9.17) is 0 Å². The third-order valence-electron chi connectivity index (χ3n) is 4.81. The van der Waals surface area contributed by atoms with Crippen LogP contribution in [0, 0.1) is 0 Å². The molecule has 154 valence electrons. The smallest absolute Gasteiger partial charge is 0.216 e. The normalized spacial score (nSPS) is 10.4. The highest BCUT2D eigenvalue weighted by molar-refractivity contribution is 5.98. The zero-order chi connectivity index (χ0) is 21.5. The van der Waals surface area contributed by atoms with E-state index in [1.807, 2.05) is 36.4 Å². The minimum Gasteiger partial charge on any atom is -0.508 e. The molecule has 4 N–H and O–H groups in total. The van der Waals surface area contributed by atoms with Gasteiger partial charge in [-0.15, -0.1) is 0 Å². The summed E-state index contributed by atoms with van der Waals surface area (Å²) in [5.74, 6) is 0.482. The first-order chi connectivity index (χ1) is 14.4. The van der Waals surface area contributed by atoms with Gasteiger partial charge in [0.2, 0.25) is 5.91 Å². The number of aromatic hydroxyl groups is 3. The lowest BCUT2D eigenvalue weighted by molar-refractivity contribution is -0.118. The van der Waals surface area contributed by atoms with E-state index in [0.29, 0.717) is 13.0 Å². The standard InChI is InChI=1S/C25H25NO4/c1-17(27)26-16-2-3-24(18-4-10-21(28)11-5-18)25(19-6-12-22(29)13-7-19)20-8-14-23(30)15-9-20/h4-15,28-30H,2-3,16H2,1H3,(H,26,27). The minimum absolute atomic E-state index is 0.0672. The molecule has 1 amide bonds. The summed E-state index contributed by atoms with van der Waals surface area (Å²) in [6, 6.07) is 21.0. The molecule has 30 heavy (non-hydrogen) atoms. The maximum absolute atomic E-state index is 11.2. The molecule has 0 saturated carbocycles. The fourth-order valence-corrected chi connectivity index (χ4v) is 3.38. The number of rotatable bonds is 7. The maximum Gasteiger partial charge on any atom is 0.216 e. The molecular formula is C25H25NO4. The topological polar surface area (TPSA) is 89.8 Å². The fourth-order valence-electron chi connectivity index (χ4n) is 3.38. The van der Waals surface area contributed by atoms with Crippen molar-refractivity contribution in [2.24, 2.45) is 0 Å². The first kappa shape index (κ1) is 21.0. The van der Waals surface area contributed by atoms with Crippen LogP contribution in [-0.2, 0) is 4.79 Å². The van der Waals surface area contributed by atoms with Crippen LogP contribution in [0.2, 0.25) is 0 Å². The number of benzene rings is 3. The van der Waals surface area contributed by atoms with Gasteiger partial charge in [0, 0.05) is 13.5 Å². The number of carbonyl (C=O) groups excluding carboxylic acids is 1. The minimum atomic E-state index is -0.0672. The van der Waals surface area contributed by atoms with Crippen molar-refractivity contribution in [1.82, 2.24) is 5.32 Å². The number of hydrogen-bond donors (Lipinski definition) is 4. The highest BCUT2D eigenvalue weighted by atomic mass is 16.3. The van der Waals surface area contributed by atoms with Gasteiger partial charge < -0.3 is 20.6 Å². The van der Waals surface area contributed by atoms with Gasteiger partial charge in [-0.3, -0.25) is 4.79 Å². The molecule has 3 rings (SSSR count). The van der Waals surface area contributed by atoms with Gasteiger partial charge in [-0.25, -0.2) is 0 Å². The Labute approximate surface area is 176 Å². The average molecular weight is 403 g/mol. The van der Waals surface area contributed by atoms with Gasteiger partial charge in [0.15, 0.2) is 0 Å². The van der Waals surface area contributed by atoms with Gasteiger partial charge >= 0.3 is 0 Å². The molecule has 0 aliphatic carbocycles. The molecule has 0 aromatic heterocycles. The fraction of sp³-hybridized carbons (Fsp3) is 0.160. The molecule has 3 aromatic carbocycles. The molecule has 3 aromatic rings. The van der Waals surface area contributed by atoms with Gasteiger partial charge in [0.1, 0.15) is 17.2 Å². The van der Waals surface area contributed by atoms with Crippen molar-refractivity contribution >= 4 is 17.1 Å². The summed E-state index contributed by atoms with van der Waals surface area (Å²) in [4.78, 5) is 11.2. The van der Waals surface area contributed by atoms with Gasteiger partial charge in [-0.2, -0.15) is 0 Å². The van der Waals surface area contributed by atoms with Crippen LogP contribution in [0.15, 0.2) is 72.8 Å². The van der Waals surface area contributed by atoms with Crippen molar-refractivity contribution in [3.8, 4) is 17.2 Å². The lowest BCUT2D eigenvalue weighted by Crippen LogP contribution is -2.20. The molecule has 5 heteroatoms. The van der Waals surface area contributed by atoms with Crippen molar-refractivity contribution in [2.75, 3.05) is 6.54 Å². The van der Waals surface area contributed by atoms with Crippen LogP contribution >= 0.6 is 0 Å². The summed E-state index contributed by atoms with van der Waals surface area (Å²) < 4.78 is 0. The average Bonchev–Trinajstić information content (AvgIpc) is 2.73. The van der Waals surface area contributed by atoms with Crippen molar-refractivity contribution in [2.45, 2.75) is 19.8 Å². The van der Waals surface area contributed by atoms with E-state index in [1.165, 1.54) is 6.92 Å². The van der Waals surface area contributed by atoms with E-state index in [-0.39, 0.29) is 23.2 Å². The van der Waals surface area contributed by atoms with Crippen LogP contribution in [0.25, 0.3) is 11.1 Å². The predicted molar refractivity (Wildman–Crippen MR) is 118 cm³/mol. The van der Waals surface area contributed by atoms with Gasteiger partial charge in [0.25, 0.3) is 0 Å². The molecule has 0 atom stereocenters. The second kappa shape index (κ2) is 9.65. The Balaban J connectivity index is 2.15. The van der Waals surface area contributed by atoms with E-state index in [0.717, 1.165) is 34.3 Å². The van der Waals surface area contributed by atoms with Crippen molar-refractivity contribution < 1.29 is 20.1 Å². The number of allylic oxidation sites excluding steroid dienone is 1. The Bertz CT molecular complexity index is 973. The zero-order valence-corrected chi connectivity index (χ0v) is 16.8. The second-order valence-corrected chi connectivity index (χ2v) is 7.08. The maximum atomic E-state index is 11.2. The predicted octanol–water partition coefficient (Wildman–Crippen LogP) is 4.68. The number of phenolic OH excluding ortho intramolecular Hbond substituents is 3. The number of hydrogen-bond acceptors (Lipinski definition) is 4. The Morgan fingerprint density at radius 1 is 0.700 bits per heavy atom. The highest BCUT2D eigenvalue weighted by Gasteiger charge is 2.15. The van der Waals surface area contributed by atoms with Crippen LogP contribution < -0.4 is 5.32 Å². The van der Waals surface area contributed by atoms with E-state index >= 15 is 0 Å². The molecule has 0 unspecified atom stereocenters. The molecule has 0 heterocycles. The van der Waals surface area contributed by atoms with Crippen LogP contribution in [-0.4, -0.2) is 27.8 Å². The first-order valence-electron chi connectivity index (χ1n) is 9.80. The van der Waals surface area contributed by atoms with Crippen LogP contribution in [0.4, 0.5) is 0 Å². The quantitative estimate of drug-likeness (QED) is 0.341.